The van der Waals surface area contributed by atoms with Gasteiger partial charge < -0.3 is 0 Å². The molecule has 2 heterocycles. The van der Waals surface area contributed by atoms with E-state index in [2.05, 4.69) is 10.1 Å². The summed E-state index contributed by atoms with van der Waals surface area (Å²) >= 11 is 0. The van der Waals surface area contributed by atoms with E-state index < -0.39 is 10.0 Å². The number of sulfonamides is 1. The molecule has 2 aromatic heterocycles. The third-order valence-corrected chi connectivity index (χ3v) is 4.71. The van der Waals surface area contributed by atoms with Gasteiger partial charge in [0.2, 0.25) is 10.0 Å². The molecule has 0 aliphatic carbocycles. The summed E-state index contributed by atoms with van der Waals surface area (Å²) in [5.41, 5.74) is 2.87. The summed E-state index contributed by atoms with van der Waals surface area (Å²) in [7, 11) is -3.91. The zero-order valence-electron chi connectivity index (χ0n) is 13.4. The quantitative estimate of drug-likeness (QED) is 0.859. The van der Waals surface area contributed by atoms with E-state index in [-0.39, 0.29) is 10.7 Å². The van der Waals surface area contributed by atoms with Crippen LogP contribution in [0.2, 0.25) is 0 Å². The maximum atomic E-state index is 11.7. The predicted molar refractivity (Wildman–Crippen MR) is 85.8 cm³/mol. The normalized spacial score (nSPS) is 11.7. The Hall–Kier alpha value is -2.06. The van der Waals surface area contributed by atoms with Crippen LogP contribution >= 0.6 is 0 Å². The molecular weight excluding hydrogens is 316 g/mol. The zero-order valence-corrected chi connectivity index (χ0v) is 14.2. The maximum Gasteiger partial charge on any atom is 0.241 e. The lowest BCUT2D eigenvalue weighted by Crippen LogP contribution is -2.16. The standard InChI is InChI=1S/C15H20N4O3S/c1-4-12(20)5-6-13-10(2)18-19(11(13)3)14-7-8-17-9-15(14)23(16,21)22/h7-9H,4-6H2,1-3H3,(H2,16,21,22). The summed E-state index contributed by atoms with van der Waals surface area (Å²) in [5.74, 6) is 0.186. The highest BCUT2D eigenvalue weighted by atomic mass is 32.2. The van der Waals surface area contributed by atoms with E-state index in [1.165, 1.54) is 12.4 Å². The first-order chi connectivity index (χ1) is 10.8. The second kappa shape index (κ2) is 6.59. The molecule has 23 heavy (non-hydrogen) atoms. The first kappa shape index (κ1) is 17.3. The molecule has 0 saturated heterocycles. The van der Waals surface area contributed by atoms with Crippen LogP contribution in [0.5, 0.6) is 0 Å². The summed E-state index contributed by atoms with van der Waals surface area (Å²) < 4.78 is 25.0. The number of primary sulfonamides is 1. The number of carbonyl (C=O) groups excluding carboxylic acids is 1. The van der Waals surface area contributed by atoms with Gasteiger partial charge in [-0.15, -0.1) is 0 Å². The van der Waals surface area contributed by atoms with Gasteiger partial charge in [-0.25, -0.2) is 18.2 Å². The molecule has 0 aromatic carbocycles. The maximum absolute atomic E-state index is 11.7. The molecule has 0 aliphatic rings. The average molecular weight is 336 g/mol. The number of hydrogen-bond acceptors (Lipinski definition) is 5. The van der Waals surface area contributed by atoms with Gasteiger partial charge in [-0.05, 0) is 31.9 Å². The Labute approximate surface area is 135 Å². The summed E-state index contributed by atoms with van der Waals surface area (Å²) in [6, 6.07) is 1.56. The minimum absolute atomic E-state index is 0.0817. The number of ketones is 1. The van der Waals surface area contributed by atoms with Crippen molar-refractivity contribution in [2.75, 3.05) is 0 Å². The van der Waals surface area contributed by atoms with Crippen molar-refractivity contribution in [2.45, 2.75) is 44.9 Å². The Morgan fingerprint density at radius 1 is 1.35 bits per heavy atom. The molecule has 2 N–H and O–H groups in total. The number of nitrogens with two attached hydrogens (primary N) is 1. The predicted octanol–water partition coefficient (Wildman–Crippen LogP) is 1.44. The van der Waals surface area contributed by atoms with Gasteiger partial charge in [-0.3, -0.25) is 9.78 Å². The number of carbonyl (C=O) groups is 1. The van der Waals surface area contributed by atoms with Gasteiger partial charge in [-0.1, -0.05) is 6.92 Å². The molecule has 2 rings (SSSR count). The van der Waals surface area contributed by atoms with Crippen LogP contribution in [-0.2, 0) is 21.2 Å². The molecule has 7 nitrogen and oxygen atoms in total. The molecule has 0 spiro atoms. The van der Waals surface area contributed by atoms with Crippen LogP contribution in [0.15, 0.2) is 23.4 Å². The van der Waals surface area contributed by atoms with Gasteiger partial charge >= 0.3 is 0 Å². The molecule has 0 atom stereocenters. The highest BCUT2D eigenvalue weighted by molar-refractivity contribution is 7.89. The Balaban J connectivity index is 2.49. The van der Waals surface area contributed by atoms with E-state index in [0.29, 0.717) is 24.9 Å². The van der Waals surface area contributed by atoms with E-state index in [4.69, 9.17) is 5.14 Å². The van der Waals surface area contributed by atoms with E-state index in [0.717, 1.165) is 17.0 Å². The summed E-state index contributed by atoms with van der Waals surface area (Å²) in [6.45, 7) is 5.52. The van der Waals surface area contributed by atoms with Crippen molar-refractivity contribution >= 4 is 15.8 Å². The van der Waals surface area contributed by atoms with Gasteiger partial charge in [0.1, 0.15) is 10.7 Å². The van der Waals surface area contributed by atoms with Crippen LogP contribution in [-0.4, -0.2) is 29.0 Å². The second-order valence-electron chi connectivity index (χ2n) is 5.34. The fraction of sp³-hybridized carbons (Fsp3) is 0.400. The zero-order chi connectivity index (χ0) is 17.2. The van der Waals surface area contributed by atoms with E-state index in [9.17, 15) is 13.2 Å². The number of Topliss-reactive ketones (excluding diaryl/α,β-unsaturated/α-hetero) is 1. The monoisotopic (exact) mass is 336 g/mol. The van der Waals surface area contributed by atoms with Gasteiger partial charge in [-0.2, -0.15) is 5.10 Å². The average Bonchev–Trinajstić information content (AvgIpc) is 2.78. The van der Waals surface area contributed by atoms with Gasteiger partial charge in [0.15, 0.2) is 0 Å². The lowest BCUT2D eigenvalue weighted by Gasteiger charge is -2.09. The van der Waals surface area contributed by atoms with Crippen LogP contribution in [0.4, 0.5) is 0 Å². The molecule has 0 amide bonds. The molecule has 0 fully saturated rings. The first-order valence-corrected chi connectivity index (χ1v) is 8.84. The minimum atomic E-state index is -3.91. The van der Waals surface area contributed by atoms with Crippen LogP contribution < -0.4 is 5.14 Å². The summed E-state index contributed by atoms with van der Waals surface area (Å²) in [6.07, 6.45) is 4.23. The second-order valence-corrected chi connectivity index (χ2v) is 6.87. The fourth-order valence-corrected chi connectivity index (χ4v) is 3.13. The Morgan fingerprint density at radius 2 is 2.04 bits per heavy atom. The molecule has 2 aromatic rings. The lowest BCUT2D eigenvalue weighted by atomic mass is 10.0. The van der Waals surface area contributed by atoms with Crippen molar-refractivity contribution in [2.24, 2.45) is 5.14 Å². The third kappa shape index (κ3) is 3.65. The highest BCUT2D eigenvalue weighted by Gasteiger charge is 2.20. The molecule has 8 heteroatoms. The van der Waals surface area contributed by atoms with E-state index >= 15 is 0 Å². The molecule has 0 bridgehead atoms. The van der Waals surface area contributed by atoms with Crippen LogP contribution in [0.25, 0.3) is 5.69 Å². The van der Waals surface area contributed by atoms with Crippen molar-refractivity contribution in [1.82, 2.24) is 14.8 Å². The SMILES string of the molecule is CCC(=O)CCc1c(C)nn(-c2ccncc2S(N)(=O)=O)c1C. The molecular formula is C15H20N4O3S. The topological polar surface area (TPSA) is 108 Å². The molecule has 0 radical (unpaired) electrons. The number of aromatic nitrogens is 3. The number of hydrogen-bond donors (Lipinski definition) is 1. The van der Waals surface area contributed by atoms with E-state index in [1.807, 2.05) is 20.8 Å². The Kier molecular flexibility index (Phi) is 4.96. The molecule has 0 saturated carbocycles. The Morgan fingerprint density at radius 3 is 2.65 bits per heavy atom. The van der Waals surface area contributed by atoms with Gasteiger partial charge in [0, 0.05) is 30.9 Å². The van der Waals surface area contributed by atoms with Crippen molar-refractivity contribution in [1.29, 1.82) is 0 Å². The molecule has 0 unspecified atom stereocenters. The van der Waals surface area contributed by atoms with E-state index in [1.54, 1.807) is 10.7 Å². The number of pyridine rings is 1. The molecule has 124 valence electrons. The minimum Gasteiger partial charge on any atom is -0.300 e. The van der Waals surface area contributed by atoms with Crippen LogP contribution in [0, 0.1) is 13.8 Å². The lowest BCUT2D eigenvalue weighted by molar-refractivity contribution is -0.118. The third-order valence-electron chi connectivity index (χ3n) is 3.79. The van der Waals surface area contributed by atoms with Gasteiger partial charge in [0.25, 0.3) is 0 Å². The van der Waals surface area contributed by atoms with Crippen LogP contribution in [0.3, 0.4) is 0 Å². The Bertz CT molecular complexity index is 840. The highest BCUT2D eigenvalue weighted by Crippen LogP contribution is 2.23. The van der Waals surface area contributed by atoms with Crippen molar-refractivity contribution < 1.29 is 13.2 Å². The van der Waals surface area contributed by atoms with Crippen molar-refractivity contribution in [3.63, 3.8) is 0 Å². The number of nitrogens with zero attached hydrogens (tertiary/aromatic N) is 3. The largest absolute Gasteiger partial charge is 0.300 e. The van der Waals surface area contributed by atoms with Crippen molar-refractivity contribution in [3.8, 4) is 5.69 Å². The summed E-state index contributed by atoms with van der Waals surface area (Å²) in [4.78, 5) is 15.3. The van der Waals surface area contributed by atoms with Gasteiger partial charge in [0.05, 0.1) is 11.4 Å². The number of rotatable bonds is 6. The van der Waals surface area contributed by atoms with Crippen molar-refractivity contribution in [3.05, 3.63) is 35.4 Å². The summed E-state index contributed by atoms with van der Waals surface area (Å²) in [5, 5.41) is 9.67. The van der Waals surface area contributed by atoms with Crippen LogP contribution in [0.1, 0.15) is 36.7 Å². The molecule has 0 aliphatic heterocycles. The first-order valence-electron chi connectivity index (χ1n) is 7.29. The fourth-order valence-electron chi connectivity index (χ4n) is 2.48. The smallest absolute Gasteiger partial charge is 0.241 e. The number of aryl methyl sites for hydroxylation is 1.